The summed E-state index contributed by atoms with van der Waals surface area (Å²) in [5.41, 5.74) is 1.91. The maximum absolute atomic E-state index is 12.6. The number of piperazine rings is 1. The van der Waals surface area contributed by atoms with E-state index in [0.717, 1.165) is 5.56 Å². The summed E-state index contributed by atoms with van der Waals surface area (Å²) in [6, 6.07) is 14.0. The van der Waals surface area contributed by atoms with Crippen molar-refractivity contribution in [1.29, 1.82) is 5.26 Å². The molecule has 0 unspecified atom stereocenters. The molecule has 0 spiro atoms. The van der Waals surface area contributed by atoms with Gasteiger partial charge in [0.05, 0.1) is 25.9 Å². The largest absolute Gasteiger partial charge is 0.497 e. The van der Waals surface area contributed by atoms with Crippen molar-refractivity contribution < 1.29 is 19.1 Å². The fourth-order valence-corrected chi connectivity index (χ4v) is 2.98. The van der Waals surface area contributed by atoms with Gasteiger partial charge in [-0.2, -0.15) is 5.26 Å². The molecule has 2 aromatic carbocycles. The van der Waals surface area contributed by atoms with E-state index >= 15 is 0 Å². The van der Waals surface area contributed by atoms with Crippen molar-refractivity contribution in [3.63, 3.8) is 0 Å². The molecule has 0 aliphatic carbocycles. The topological polar surface area (TPSA) is 82.9 Å². The third kappa shape index (κ3) is 3.70. The van der Waals surface area contributed by atoms with E-state index in [1.807, 2.05) is 12.1 Å². The van der Waals surface area contributed by atoms with Crippen LogP contribution < -0.4 is 14.4 Å². The molecule has 0 radical (unpaired) electrons. The monoisotopic (exact) mass is 365 g/mol. The van der Waals surface area contributed by atoms with Gasteiger partial charge in [0.1, 0.15) is 11.5 Å². The minimum Gasteiger partial charge on any atom is -0.497 e. The molecule has 0 saturated carbocycles. The zero-order valence-electron chi connectivity index (χ0n) is 15.1. The van der Waals surface area contributed by atoms with Gasteiger partial charge in [-0.25, -0.2) is 0 Å². The Bertz CT molecular complexity index is 902. The number of nitriles is 1. The zero-order chi connectivity index (χ0) is 19.4. The van der Waals surface area contributed by atoms with E-state index in [1.165, 1.54) is 9.80 Å². The summed E-state index contributed by atoms with van der Waals surface area (Å²) in [5, 5.41) is 8.87. The molecule has 7 heteroatoms. The van der Waals surface area contributed by atoms with Crippen LogP contribution in [0.3, 0.4) is 0 Å². The second-order valence-corrected chi connectivity index (χ2v) is 6.02. The molecule has 1 aliphatic rings. The predicted octanol–water partition coefficient (Wildman–Crippen LogP) is 1.95. The van der Waals surface area contributed by atoms with E-state index in [-0.39, 0.29) is 6.54 Å². The number of hydrogen-bond donors (Lipinski definition) is 0. The predicted molar refractivity (Wildman–Crippen MR) is 98.5 cm³/mol. The fourth-order valence-electron chi connectivity index (χ4n) is 2.98. The Morgan fingerprint density at radius 3 is 2.37 bits per heavy atom. The maximum Gasteiger partial charge on any atom is 0.316 e. The Morgan fingerprint density at radius 1 is 1.00 bits per heavy atom. The second kappa shape index (κ2) is 7.79. The van der Waals surface area contributed by atoms with E-state index in [4.69, 9.17) is 14.7 Å². The Balaban J connectivity index is 1.75. The van der Waals surface area contributed by atoms with Crippen LogP contribution in [0.15, 0.2) is 42.5 Å². The van der Waals surface area contributed by atoms with Crippen LogP contribution in [0.4, 0.5) is 5.69 Å². The summed E-state index contributed by atoms with van der Waals surface area (Å²) in [4.78, 5) is 28.1. The van der Waals surface area contributed by atoms with Crippen molar-refractivity contribution in [3.05, 3.63) is 53.6 Å². The summed E-state index contributed by atoms with van der Waals surface area (Å²) in [5.74, 6) is 0.106. The lowest BCUT2D eigenvalue weighted by molar-refractivity contribution is -0.146. The molecular weight excluding hydrogens is 346 g/mol. The van der Waals surface area contributed by atoms with Gasteiger partial charge < -0.3 is 19.3 Å². The first-order chi connectivity index (χ1) is 13.1. The van der Waals surface area contributed by atoms with Crippen LogP contribution >= 0.6 is 0 Å². The molecule has 1 heterocycles. The highest BCUT2D eigenvalue weighted by molar-refractivity contribution is 6.40. The van der Waals surface area contributed by atoms with Crippen LogP contribution in [0.5, 0.6) is 11.5 Å². The van der Waals surface area contributed by atoms with Crippen molar-refractivity contribution in [1.82, 2.24) is 4.90 Å². The van der Waals surface area contributed by atoms with E-state index in [1.54, 1.807) is 50.6 Å². The molecule has 2 aromatic rings. The smallest absolute Gasteiger partial charge is 0.316 e. The highest BCUT2D eigenvalue weighted by Gasteiger charge is 2.33. The zero-order valence-corrected chi connectivity index (χ0v) is 15.1. The quantitative estimate of drug-likeness (QED) is 0.757. The molecule has 1 aliphatic heterocycles. The molecule has 0 aromatic heterocycles. The van der Waals surface area contributed by atoms with E-state index < -0.39 is 11.8 Å². The number of anilines is 1. The van der Waals surface area contributed by atoms with Crippen molar-refractivity contribution >= 4 is 17.5 Å². The summed E-state index contributed by atoms with van der Waals surface area (Å²) < 4.78 is 10.5. The lowest BCUT2D eigenvalue weighted by atomic mass is 10.1. The highest BCUT2D eigenvalue weighted by atomic mass is 16.5. The first kappa shape index (κ1) is 18.3. The minimum absolute atomic E-state index is 0.277. The van der Waals surface area contributed by atoms with Gasteiger partial charge in [0, 0.05) is 37.0 Å². The van der Waals surface area contributed by atoms with Gasteiger partial charge >= 0.3 is 11.8 Å². The van der Waals surface area contributed by atoms with Crippen LogP contribution in [0.1, 0.15) is 11.1 Å². The average Bonchev–Trinajstić information content (AvgIpc) is 2.72. The van der Waals surface area contributed by atoms with Crippen LogP contribution in [-0.4, -0.2) is 44.0 Å². The van der Waals surface area contributed by atoms with Gasteiger partial charge in [-0.05, 0) is 36.4 Å². The minimum atomic E-state index is -0.585. The number of carbonyl (C=O) groups is 2. The molecule has 1 saturated heterocycles. The first-order valence-electron chi connectivity index (χ1n) is 8.39. The molecule has 0 N–H and O–H groups in total. The van der Waals surface area contributed by atoms with Crippen molar-refractivity contribution in [2.24, 2.45) is 0 Å². The molecular formula is C20H19N3O4. The van der Waals surface area contributed by atoms with E-state index in [0.29, 0.717) is 35.8 Å². The van der Waals surface area contributed by atoms with Crippen molar-refractivity contribution in [3.8, 4) is 17.6 Å². The lowest BCUT2D eigenvalue weighted by Crippen LogP contribution is -2.54. The average molecular weight is 365 g/mol. The molecule has 7 nitrogen and oxygen atoms in total. The van der Waals surface area contributed by atoms with Gasteiger partial charge in [-0.15, -0.1) is 0 Å². The fraction of sp³-hybridized carbons (Fsp3) is 0.250. The third-order valence-electron chi connectivity index (χ3n) is 4.47. The number of methoxy groups -OCH3 is 2. The number of rotatable bonds is 5. The Morgan fingerprint density at radius 2 is 1.74 bits per heavy atom. The third-order valence-corrected chi connectivity index (χ3v) is 4.47. The summed E-state index contributed by atoms with van der Waals surface area (Å²) in [7, 11) is 3.12. The van der Waals surface area contributed by atoms with Crippen LogP contribution in [0.2, 0.25) is 0 Å². The molecule has 2 amide bonds. The normalized spacial score (nSPS) is 14.1. The number of nitrogens with zero attached hydrogens (tertiary/aromatic N) is 3. The van der Waals surface area contributed by atoms with Crippen LogP contribution in [-0.2, 0) is 16.1 Å². The van der Waals surface area contributed by atoms with Crippen LogP contribution in [0, 0.1) is 11.3 Å². The molecule has 3 rings (SSSR count). The molecule has 138 valence electrons. The molecule has 0 atom stereocenters. The molecule has 1 fully saturated rings. The first-order valence-corrected chi connectivity index (χ1v) is 8.39. The SMILES string of the molecule is COc1ccc(CN2CCN(c3ccc(C#N)cc3)C(=O)C2=O)c(OC)c1. The van der Waals surface area contributed by atoms with E-state index in [9.17, 15) is 9.59 Å². The molecule has 27 heavy (non-hydrogen) atoms. The summed E-state index contributed by atoms with van der Waals surface area (Å²) in [6.07, 6.45) is 0. The maximum atomic E-state index is 12.6. The molecule has 0 bridgehead atoms. The van der Waals surface area contributed by atoms with Crippen molar-refractivity contribution in [2.45, 2.75) is 6.54 Å². The van der Waals surface area contributed by atoms with Gasteiger partial charge in [0.25, 0.3) is 0 Å². The standard InChI is InChI=1S/C20H19N3O4/c1-26-17-8-5-15(18(11-17)27-2)13-22-9-10-23(20(25)19(22)24)16-6-3-14(12-21)4-7-16/h3-8,11H,9-10,13H2,1-2H3. The van der Waals surface area contributed by atoms with Crippen molar-refractivity contribution in [2.75, 3.05) is 32.2 Å². The number of carbonyl (C=O) groups excluding carboxylic acids is 2. The van der Waals surface area contributed by atoms with Gasteiger partial charge in [-0.1, -0.05) is 0 Å². The summed E-state index contributed by atoms with van der Waals surface area (Å²) >= 11 is 0. The number of hydrogen-bond acceptors (Lipinski definition) is 5. The number of amides is 2. The summed E-state index contributed by atoms with van der Waals surface area (Å²) in [6.45, 7) is 1.06. The lowest BCUT2D eigenvalue weighted by Gasteiger charge is -2.34. The highest BCUT2D eigenvalue weighted by Crippen LogP contribution is 2.27. The number of benzene rings is 2. The van der Waals surface area contributed by atoms with E-state index in [2.05, 4.69) is 0 Å². The van der Waals surface area contributed by atoms with Crippen LogP contribution in [0.25, 0.3) is 0 Å². The second-order valence-electron chi connectivity index (χ2n) is 6.02. The van der Waals surface area contributed by atoms with Gasteiger partial charge in [0.2, 0.25) is 0 Å². The Hall–Kier alpha value is -3.53. The van der Waals surface area contributed by atoms with Gasteiger partial charge in [-0.3, -0.25) is 9.59 Å². The Kier molecular flexibility index (Phi) is 5.27. The number of ether oxygens (including phenoxy) is 2. The Labute approximate surface area is 157 Å². The van der Waals surface area contributed by atoms with Gasteiger partial charge in [0.15, 0.2) is 0 Å².